The van der Waals surface area contributed by atoms with Gasteiger partial charge in [0, 0.05) is 52.2 Å². The van der Waals surface area contributed by atoms with Crippen LogP contribution < -0.4 is 10.6 Å². The van der Waals surface area contributed by atoms with E-state index in [1.54, 1.807) is 7.05 Å². The lowest BCUT2D eigenvalue weighted by molar-refractivity contribution is -0.173. The van der Waals surface area contributed by atoms with E-state index in [9.17, 15) is 18.0 Å². The second-order valence-electron chi connectivity index (χ2n) is 7.05. The Morgan fingerprint density at radius 3 is 2.72 bits per heavy atom. The van der Waals surface area contributed by atoms with Crippen molar-refractivity contribution >= 4 is 11.9 Å². The summed E-state index contributed by atoms with van der Waals surface area (Å²) in [5.74, 6) is 0.931. The minimum atomic E-state index is -4.29. The Balaban J connectivity index is 1.61. The number of guanidine groups is 1. The molecule has 1 fully saturated rings. The van der Waals surface area contributed by atoms with Crippen LogP contribution in [0, 0.1) is 5.92 Å². The second-order valence-corrected chi connectivity index (χ2v) is 7.05. The van der Waals surface area contributed by atoms with Gasteiger partial charge in [-0.2, -0.15) is 13.2 Å². The van der Waals surface area contributed by atoms with Crippen LogP contribution in [-0.2, 0) is 16.0 Å². The Bertz CT molecular complexity index is 653. The fraction of sp³-hybridized carbons (Fsp3) is 0.600. The first-order valence-electron chi connectivity index (χ1n) is 9.78. The van der Waals surface area contributed by atoms with Crippen molar-refractivity contribution in [2.75, 3.05) is 46.4 Å². The van der Waals surface area contributed by atoms with Crippen molar-refractivity contribution in [2.24, 2.45) is 10.9 Å². The lowest BCUT2D eigenvalue weighted by Crippen LogP contribution is -2.41. The van der Waals surface area contributed by atoms with E-state index in [2.05, 4.69) is 32.5 Å². The van der Waals surface area contributed by atoms with Crippen molar-refractivity contribution in [3.63, 3.8) is 0 Å². The van der Waals surface area contributed by atoms with E-state index < -0.39 is 12.8 Å². The maximum Gasteiger partial charge on any atom is 0.411 e. The highest BCUT2D eigenvalue weighted by molar-refractivity contribution is 5.80. The number of alkyl halides is 3. The molecule has 0 aromatic heterocycles. The second kappa shape index (κ2) is 11.6. The first kappa shape index (κ1) is 23.0. The van der Waals surface area contributed by atoms with Crippen LogP contribution in [0.3, 0.4) is 0 Å². The van der Waals surface area contributed by atoms with Crippen LogP contribution in [0.5, 0.6) is 0 Å². The Hall–Kier alpha value is -2.29. The zero-order valence-electron chi connectivity index (χ0n) is 16.7. The number of ether oxygens (including phenoxy) is 1. The van der Waals surface area contributed by atoms with Crippen molar-refractivity contribution < 1.29 is 22.7 Å². The quantitative estimate of drug-likeness (QED) is 0.350. The zero-order valence-corrected chi connectivity index (χ0v) is 16.7. The molecule has 1 aromatic carbocycles. The van der Waals surface area contributed by atoms with Crippen molar-refractivity contribution in [1.29, 1.82) is 0 Å². The molecule has 6 nitrogen and oxygen atoms in total. The Morgan fingerprint density at radius 1 is 1.28 bits per heavy atom. The molecule has 0 aliphatic carbocycles. The molecule has 0 radical (unpaired) electrons. The summed E-state index contributed by atoms with van der Waals surface area (Å²) >= 11 is 0. The fourth-order valence-corrected chi connectivity index (χ4v) is 3.15. The topological polar surface area (TPSA) is 66.0 Å². The number of nitrogens with zero attached hydrogens (tertiary/aromatic N) is 2. The summed E-state index contributed by atoms with van der Waals surface area (Å²) in [6, 6.07) is 10.1. The van der Waals surface area contributed by atoms with Gasteiger partial charge in [0.2, 0.25) is 5.91 Å². The highest BCUT2D eigenvalue weighted by atomic mass is 19.4. The number of aliphatic imine (C=N–C) groups is 1. The number of hydrogen-bond acceptors (Lipinski definition) is 3. The van der Waals surface area contributed by atoms with Crippen LogP contribution >= 0.6 is 0 Å². The summed E-state index contributed by atoms with van der Waals surface area (Å²) in [7, 11) is 1.63. The predicted octanol–water partition coefficient (Wildman–Crippen LogP) is 2.21. The molecule has 162 valence electrons. The van der Waals surface area contributed by atoms with Crippen LogP contribution in [-0.4, -0.2) is 69.4 Å². The highest BCUT2D eigenvalue weighted by Crippen LogP contribution is 2.17. The third-order valence-corrected chi connectivity index (χ3v) is 4.61. The van der Waals surface area contributed by atoms with Gasteiger partial charge in [0.25, 0.3) is 0 Å². The molecule has 1 aromatic rings. The lowest BCUT2D eigenvalue weighted by Gasteiger charge is -2.18. The molecule has 1 aliphatic heterocycles. The van der Waals surface area contributed by atoms with Gasteiger partial charge in [0.15, 0.2) is 5.96 Å². The maximum absolute atomic E-state index is 12.2. The number of hydrogen-bond donors (Lipinski definition) is 2. The number of carbonyl (C=O) groups excluding carboxylic acids is 1. The normalized spacial score (nSPS) is 17.7. The number of likely N-dealkylation sites (tertiary alicyclic amines) is 1. The first-order chi connectivity index (χ1) is 13.9. The predicted molar refractivity (Wildman–Crippen MR) is 106 cm³/mol. The first-order valence-corrected chi connectivity index (χ1v) is 9.78. The Morgan fingerprint density at radius 2 is 2.03 bits per heavy atom. The van der Waals surface area contributed by atoms with Gasteiger partial charge in [0.1, 0.15) is 6.61 Å². The number of halogens is 3. The van der Waals surface area contributed by atoms with E-state index in [1.165, 1.54) is 5.56 Å². The molecule has 9 heteroatoms. The van der Waals surface area contributed by atoms with Crippen LogP contribution in [0.25, 0.3) is 0 Å². The van der Waals surface area contributed by atoms with Crippen molar-refractivity contribution in [1.82, 2.24) is 15.5 Å². The van der Waals surface area contributed by atoms with Gasteiger partial charge in [0.05, 0.1) is 0 Å². The van der Waals surface area contributed by atoms with Crippen molar-refractivity contribution in [3.8, 4) is 0 Å². The smallest absolute Gasteiger partial charge is 0.372 e. The molecule has 1 amide bonds. The summed E-state index contributed by atoms with van der Waals surface area (Å²) < 4.78 is 40.5. The third-order valence-electron chi connectivity index (χ3n) is 4.61. The molecule has 1 aliphatic rings. The number of amides is 1. The Kier molecular flexibility index (Phi) is 9.24. The molecule has 1 heterocycles. The maximum atomic E-state index is 12.2. The van der Waals surface area contributed by atoms with E-state index in [0.717, 1.165) is 6.42 Å². The molecule has 1 atom stereocenters. The molecule has 0 saturated carbocycles. The Labute approximate surface area is 169 Å². The number of carbonyl (C=O) groups is 1. The van der Waals surface area contributed by atoms with Crippen LogP contribution in [0.15, 0.2) is 35.3 Å². The van der Waals surface area contributed by atoms with Gasteiger partial charge in [-0.3, -0.25) is 9.79 Å². The van der Waals surface area contributed by atoms with E-state index in [4.69, 9.17) is 0 Å². The molecular weight excluding hydrogens is 385 g/mol. The zero-order chi connectivity index (χ0) is 21.1. The molecule has 0 spiro atoms. The molecule has 2 N–H and O–H groups in total. The third kappa shape index (κ3) is 9.17. The van der Waals surface area contributed by atoms with Crippen LogP contribution in [0.2, 0.25) is 0 Å². The molecular formula is C20H29F3N4O2. The van der Waals surface area contributed by atoms with E-state index in [-0.39, 0.29) is 18.4 Å². The van der Waals surface area contributed by atoms with Crippen LogP contribution in [0.1, 0.15) is 18.4 Å². The summed E-state index contributed by atoms with van der Waals surface area (Å²) in [4.78, 5) is 18.2. The highest BCUT2D eigenvalue weighted by Gasteiger charge is 2.29. The van der Waals surface area contributed by atoms with Gasteiger partial charge in [-0.05, 0) is 18.4 Å². The van der Waals surface area contributed by atoms with Crippen molar-refractivity contribution in [3.05, 3.63) is 35.9 Å². The molecule has 2 rings (SSSR count). The molecule has 1 unspecified atom stereocenters. The van der Waals surface area contributed by atoms with Crippen LogP contribution in [0.4, 0.5) is 13.2 Å². The lowest BCUT2D eigenvalue weighted by atomic mass is 10.1. The average Bonchev–Trinajstić information content (AvgIpc) is 3.04. The molecule has 0 bridgehead atoms. The summed E-state index contributed by atoms with van der Waals surface area (Å²) in [6.07, 6.45) is -2.51. The standard InChI is InChI=1S/C20H29F3N4O2/c1-24-19(25-9-5-11-29-15-20(21,22)23)26-13-17-12-18(28)27(14-17)10-8-16-6-3-2-4-7-16/h2-4,6-7,17H,5,8-15H2,1H3,(H2,24,25,26). The minimum absolute atomic E-state index is 0.0248. The SMILES string of the molecule is CN=C(NCCCOCC(F)(F)F)NCC1CC(=O)N(CCc2ccccc2)C1. The van der Waals surface area contributed by atoms with E-state index in [0.29, 0.717) is 45.0 Å². The largest absolute Gasteiger partial charge is 0.411 e. The number of benzene rings is 1. The molecule has 29 heavy (non-hydrogen) atoms. The minimum Gasteiger partial charge on any atom is -0.372 e. The summed E-state index contributed by atoms with van der Waals surface area (Å²) in [5.41, 5.74) is 1.21. The average molecular weight is 414 g/mol. The number of rotatable bonds is 10. The summed E-state index contributed by atoms with van der Waals surface area (Å²) in [6.45, 7) is 1.28. The van der Waals surface area contributed by atoms with Gasteiger partial charge in [-0.15, -0.1) is 0 Å². The monoisotopic (exact) mass is 414 g/mol. The molecule has 1 saturated heterocycles. The number of nitrogens with one attached hydrogen (secondary N) is 2. The van der Waals surface area contributed by atoms with E-state index >= 15 is 0 Å². The van der Waals surface area contributed by atoms with Gasteiger partial charge < -0.3 is 20.3 Å². The van der Waals surface area contributed by atoms with Gasteiger partial charge in [-0.1, -0.05) is 30.3 Å². The van der Waals surface area contributed by atoms with Gasteiger partial charge >= 0.3 is 6.18 Å². The van der Waals surface area contributed by atoms with E-state index in [1.807, 2.05) is 23.1 Å². The van der Waals surface area contributed by atoms with Gasteiger partial charge in [-0.25, -0.2) is 0 Å². The fourth-order valence-electron chi connectivity index (χ4n) is 3.15. The van der Waals surface area contributed by atoms with Crippen molar-refractivity contribution in [2.45, 2.75) is 25.4 Å². The summed E-state index contributed by atoms with van der Waals surface area (Å²) in [5, 5.41) is 6.22.